The zero-order chi connectivity index (χ0) is 10.7. The van der Waals surface area contributed by atoms with Gasteiger partial charge in [0.1, 0.15) is 0 Å². The van der Waals surface area contributed by atoms with E-state index in [2.05, 4.69) is 25.7 Å². The lowest BCUT2D eigenvalue weighted by Crippen LogP contribution is -2.23. The van der Waals surface area contributed by atoms with Crippen molar-refractivity contribution in [2.75, 3.05) is 19.6 Å². The number of carboxylic acids is 1. The Morgan fingerprint density at radius 1 is 1.21 bits per heavy atom. The Hall–Kier alpha value is -0.140. The fraction of sp³-hybridized carbons (Fsp3) is 0.900. The van der Waals surface area contributed by atoms with Crippen molar-refractivity contribution in [3.05, 3.63) is 0 Å². The van der Waals surface area contributed by atoms with E-state index >= 15 is 0 Å². The van der Waals surface area contributed by atoms with Gasteiger partial charge in [-0.25, -0.2) is 0 Å². The van der Waals surface area contributed by atoms with Gasteiger partial charge in [0.05, 0.1) is 0 Å². The third-order valence-corrected chi connectivity index (χ3v) is 1.72. The van der Waals surface area contributed by atoms with E-state index in [0.717, 1.165) is 6.92 Å². The maximum absolute atomic E-state index is 9.00. The average Bonchev–Trinajstić information content (AvgIpc) is 2.06. The molecule has 0 amide bonds. The first kappa shape index (κ1) is 19.4. The van der Waals surface area contributed by atoms with Crippen LogP contribution >= 0.6 is 9.90 Å². The normalized spacial score (nSPS) is 8.64. The Kier molecular flexibility index (Phi) is 21.3. The van der Waals surface area contributed by atoms with E-state index in [1.54, 1.807) is 0 Å². The summed E-state index contributed by atoms with van der Waals surface area (Å²) in [5, 5.41) is 7.42. The van der Waals surface area contributed by atoms with Gasteiger partial charge in [0.25, 0.3) is 5.97 Å². The number of unbranched alkanes of at least 4 members (excludes halogenated alkanes) is 1. The molecular weight excluding hydrogens is 197 g/mol. The van der Waals surface area contributed by atoms with Gasteiger partial charge < -0.3 is 10.0 Å². The van der Waals surface area contributed by atoms with Gasteiger partial charge >= 0.3 is 0 Å². The predicted octanol–water partition coefficient (Wildman–Crippen LogP) is 2.28. The van der Waals surface area contributed by atoms with Gasteiger partial charge in [0.15, 0.2) is 0 Å². The molecule has 1 atom stereocenters. The molecule has 0 saturated heterocycles. The molecule has 0 heterocycles. The van der Waals surface area contributed by atoms with Crippen molar-refractivity contribution < 1.29 is 9.90 Å². The lowest BCUT2D eigenvalue weighted by atomic mass is 10.3. The minimum atomic E-state index is -0.833. The average molecular weight is 223 g/mol. The molecule has 0 spiro atoms. The lowest BCUT2D eigenvalue weighted by molar-refractivity contribution is -0.134. The summed E-state index contributed by atoms with van der Waals surface area (Å²) in [6.07, 6.45) is 2.66. The number of carboxylic acid groups (broad SMARTS) is 1. The van der Waals surface area contributed by atoms with Gasteiger partial charge in [0.2, 0.25) is 0 Å². The highest BCUT2D eigenvalue weighted by Crippen LogP contribution is 1.92. The van der Waals surface area contributed by atoms with Crippen LogP contribution < -0.4 is 0 Å². The molecule has 0 rings (SSSR count). The van der Waals surface area contributed by atoms with Gasteiger partial charge in [-0.2, -0.15) is 9.90 Å². The molecule has 0 saturated carbocycles. The van der Waals surface area contributed by atoms with E-state index in [0.29, 0.717) is 0 Å². The number of aliphatic carboxylic acids is 1. The van der Waals surface area contributed by atoms with Crippen LogP contribution in [0.1, 0.15) is 40.5 Å². The summed E-state index contributed by atoms with van der Waals surface area (Å²) in [4.78, 5) is 11.5. The number of rotatable bonds is 5. The molecule has 0 aromatic heterocycles. The molecule has 0 fully saturated rings. The van der Waals surface area contributed by atoms with Gasteiger partial charge in [-0.15, -0.1) is 0 Å². The Labute approximate surface area is 91.5 Å². The molecule has 3 nitrogen and oxygen atoms in total. The minimum absolute atomic E-state index is 0. The van der Waals surface area contributed by atoms with Gasteiger partial charge in [0, 0.05) is 6.92 Å². The predicted molar refractivity (Wildman–Crippen MR) is 67.1 cm³/mol. The van der Waals surface area contributed by atoms with Crippen molar-refractivity contribution in [3.8, 4) is 0 Å². The highest BCUT2D eigenvalue weighted by Gasteiger charge is 1.94. The van der Waals surface area contributed by atoms with Crippen LogP contribution in [0.3, 0.4) is 0 Å². The van der Waals surface area contributed by atoms with Crippen LogP contribution in [-0.4, -0.2) is 35.6 Å². The van der Waals surface area contributed by atoms with E-state index < -0.39 is 5.97 Å². The van der Waals surface area contributed by atoms with Crippen LogP contribution in [0, 0.1) is 0 Å². The summed E-state index contributed by atoms with van der Waals surface area (Å²) in [6.45, 7) is 11.5. The number of carbonyl (C=O) groups is 1. The summed E-state index contributed by atoms with van der Waals surface area (Å²) in [5.41, 5.74) is 0. The van der Waals surface area contributed by atoms with E-state index in [4.69, 9.17) is 9.90 Å². The van der Waals surface area contributed by atoms with Crippen molar-refractivity contribution in [3.63, 3.8) is 0 Å². The smallest absolute Gasteiger partial charge is 0.300 e. The second-order valence-electron chi connectivity index (χ2n) is 2.90. The van der Waals surface area contributed by atoms with Crippen LogP contribution in [0.2, 0.25) is 0 Å². The van der Waals surface area contributed by atoms with Gasteiger partial charge in [-0.3, -0.25) is 4.79 Å². The molecule has 0 bridgehead atoms. The zero-order valence-electron chi connectivity index (χ0n) is 10.0. The Balaban J connectivity index is -0.000000209. The maximum Gasteiger partial charge on any atom is 0.300 e. The molecular formula is C10H26NO2P. The fourth-order valence-corrected chi connectivity index (χ4v) is 0.922. The molecule has 0 aliphatic rings. The molecule has 1 N–H and O–H groups in total. The largest absolute Gasteiger partial charge is 0.481 e. The molecule has 0 radical (unpaired) electrons. The minimum Gasteiger partial charge on any atom is -0.481 e. The van der Waals surface area contributed by atoms with Crippen LogP contribution in [0.25, 0.3) is 0 Å². The molecule has 0 aromatic carbocycles. The Bertz CT molecular complexity index is 113. The van der Waals surface area contributed by atoms with Crippen molar-refractivity contribution in [1.82, 2.24) is 4.90 Å². The third kappa shape index (κ3) is 22.6. The summed E-state index contributed by atoms with van der Waals surface area (Å²) >= 11 is 0. The first-order valence-corrected chi connectivity index (χ1v) is 5.00. The van der Waals surface area contributed by atoms with E-state index in [1.807, 2.05) is 0 Å². The van der Waals surface area contributed by atoms with Crippen molar-refractivity contribution in [1.29, 1.82) is 0 Å². The molecule has 0 aliphatic heterocycles. The van der Waals surface area contributed by atoms with E-state index in [9.17, 15) is 0 Å². The number of hydrogen-bond donors (Lipinski definition) is 1. The van der Waals surface area contributed by atoms with Crippen LogP contribution in [-0.2, 0) is 4.79 Å². The molecule has 88 valence electrons. The second-order valence-corrected chi connectivity index (χ2v) is 2.90. The second kappa shape index (κ2) is 15.3. The van der Waals surface area contributed by atoms with Crippen LogP contribution in [0.4, 0.5) is 0 Å². The lowest BCUT2D eigenvalue weighted by Gasteiger charge is -2.16. The number of nitrogens with zero attached hydrogens (tertiary/aromatic N) is 1. The van der Waals surface area contributed by atoms with E-state index in [1.165, 1.54) is 32.5 Å². The highest BCUT2D eigenvalue weighted by molar-refractivity contribution is 6.92. The van der Waals surface area contributed by atoms with Crippen LogP contribution in [0.15, 0.2) is 0 Å². The first-order valence-electron chi connectivity index (χ1n) is 5.00. The first-order chi connectivity index (χ1) is 6.08. The Morgan fingerprint density at radius 3 is 1.79 bits per heavy atom. The standard InChI is InChI=1S/C8H19N.C2H4O2.H3P/c1-4-7-8-9(5-2)6-3;1-2(3)4;/h4-8H2,1-3H3;1H3,(H,3,4);1H3. The molecule has 4 heteroatoms. The van der Waals surface area contributed by atoms with Crippen molar-refractivity contribution in [2.24, 2.45) is 0 Å². The zero-order valence-corrected chi connectivity index (χ0v) is 11.5. The van der Waals surface area contributed by atoms with E-state index in [-0.39, 0.29) is 9.90 Å². The van der Waals surface area contributed by atoms with Gasteiger partial charge in [-0.1, -0.05) is 27.2 Å². The summed E-state index contributed by atoms with van der Waals surface area (Å²) in [6, 6.07) is 0. The van der Waals surface area contributed by atoms with Crippen molar-refractivity contribution >= 4 is 15.9 Å². The quantitative estimate of drug-likeness (QED) is 0.727. The summed E-state index contributed by atoms with van der Waals surface area (Å²) in [7, 11) is 0. The highest BCUT2D eigenvalue weighted by atomic mass is 31.0. The third-order valence-electron chi connectivity index (χ3n) is 1.72. The molecule has 0 aromatic rings. The summed E-state index contributed by atoms with van der Waals surface area (Å²) in [5.74, 6) is -0.833. The molecule has 1 unspecified atom stereocenters. The monoisotopic (exact) mass is 223 g/mol. The van der Waals surface area contributed by atoms with Crippen LogP contribution in [0.5, 0.6) is 0 Å². The molecule has 14 heavy (non-hydrogen) atoms. The number of hydrogen-bond acceptors (Lipinski definition) is 2. The Morgan fingerprint density at radius 2 is 1.57 bits per heavy atom. The maximum atomic E-state index is 9.00. The summed E-state index contributed by atoms with van der Waals surface area (Å²) < 4.78 is 0. The molecule has 0 aliphatic carbocycles. The van der Waals surface area contributed by atoms with Gasteiger partial charge in [-0.05, 0) is 26.1 Å². The topological polar surface area (TPSA) is 40.5 Å². The SMILES string of the molecule is CC(=O)O.CCCCN(CC)CC.P. The fourth-order valence-electron chi connectivity index (χ4n) is 0.922. The van der Waals surface area contributed by atoms with Crippen molar-refractivity contribution in [2.45, 2.75) is 40.5 Å².